The predicted octanol–water partition coefficient (Wildman–Crippen LogP) is 5.10. The van der Waals surface area contributed by atoms with E-state index in [1.807, 2.05) is 0 Å². The van der Waals surface area contributed by atoms with E-state index < -0.39 is 23.4 Å². The number of carbonyl (C=O) groups excluding carboxylic acids is 3. The van der Waals surface area contributed by atoms with E-state index >= 15 is 0 Å². The number of benzene rings is 1. The zero-order valence-corrected chi connectivity index (χ0v) is 19.4. The average molecular weight is 439 g/mol. The molecule has 0 fully saturated rings. The van der Waals surface area contributed by atoms with Gasteiger partial charge in [-0.15, -0.1) is 0 Å². The first-order valence-electron chi connectivity index (χ1n) is 10.1. The highest BCUT2D eigenvalue weighted by Gasteiger charge is 2.20. The van der Waals surface area contributed by atoms with E-state index in [0.29, 0.717) is 43.0 Å². The van der Waals surface area contributed by atoms with Crippen LogP contribution in [0.15, 0.2) is 18.2 Å². The molecule has 0 heterocycles. The van der Waals surface area contributed by atoms with Gasteiger partial charge in [-0.2, -0.15) is 0 Å². The summed E-state index contributed by atoms with van der Waals surface area (Å²) in [6.45, 7) is 10.9. The number of ether oxygens (including phenoxy) is 4. The molecule has 0 aliphatic heterocycles. The molecule has 174 valence electrons. The standard InChI is InChI=1S/C22H34N2O7/c1-21(2,3)30-19(26)23-16-12-11-15(29-13-9-8-10-18(25)28-7)14-17(16)24-20(27)31-22(4,5)6/h11-12,14H,8-10,13H2,1-7H3,(H,23,26)(H,24,27). The van der Waals surface area contributed by atoms with Crippen LogP contribution < -0.4 is 15.4 Å². The third-order valence-electron chi connectivity index (χ3n) is 3.53. The Balaban J connectivity index is 2.87. The number of nitrogens with one attached hydrogen (secondary N) is 2. The molecule has 9 nitrogen and oxygen atoms in total. The fraction of sp³-hybridized carbons (Fsp3) is 0.591. The van der Waals surface area contributed by atoms with Crippen molar-refractivity contribution in [1.82, 2.24) is 0 Å². The van der Waals surface area contributed by atoms with Crippen LogP contribution in [-0.2, 0) is 19.0 Å². The minimum Gasteiger partial charge on any atom is -0.494 e. The number of anilines is 2. The number of unbranched alkanes of at least 4 members (excludes halogenated alkanes) is 1. The SMILES string of the molecule is COC(=O)CCCCOc1ccc(NC(=O)OC(C)(C)C)c(NC(=O)OC(C)(C)C)c1. The maximum Gasteiger partial charge on any atom is 0.412 e. The lowest BCUT2D eigenvalue weighted by Gasteiger charge is -2.22. The van der Waals surface area contributed by atoms with Crippen LogP contribution in [0, 0.1) is 0 Å². The second kappa shape index (κ2) is 11.4. The van der Waals surface area contributed by atoms with Crippen molar-refractivity contribution in [2.45, 2.75) is 72.0 Å². The molecule has 0 aromatic heterocycles. The molecule has 0 unspecified atom stereocenters. The van der Waals surface area contributed by atoms with Gasteiger partial charge < -0.3 is 18.9 Å². The van der Waals surface area contributed by atoms with Crippen molar-refractivity contribution < 1.29 is 33.3 Å². The molecule has 1 aromatic carbocycles. The summed E-state index contributed by atoms with van der Waals surface area (Å²) in [6.07, 6.45) is 0.283. The van der Waals surface area contributed by atoms with E-state index in [2.05, 4.69) is 15.4 Å². The Morgan fingerprint density at radius 1 is 0.839 bits per heavy atom. The maximum atomic E-state index is 12.2. The van der Waals surface area contributed by atoms with Gasteiger partial charge in [-0.25, -0.2) is 9.59 Å². The number of esters is 1. The predicted molar refractivity (Wildman–Crippen MR) is 118 cm³/mol. The molecule has 2 N–H and O–H groups in total. The van der Waals surface area contributed by atoms with Crippen LogP contribution in [0.2, 0.25) is 0 Å². The van der Waals surface area contributed by atoms with Gasteiger partial charge in [0.15, 0.2) is 0 Å². The van der Waals surface area contributed by atoms with Crippen LogP contribution in [0.4, 0.5) is 21.0 Å². The van der Waals surface area contributed by atoms with E-state index in [1.165, 1.54) is 7.11 Å². The third-order valence-corrected chi connectivity index (χ3v) is 3.53. The minimum atomic E-state index is -0.684. The van der Waals surface area contributed by atoms with Crippen LogP contribution in [0.5, 0.6) is 5.75 Å². The van der Waals surface area contributed by atoms with Gasteiger partial charge in [-0.3, -0.25) is 15.4 Å². The summed E-state index contributed by atoms with van der Waals surface area (Å²) in [5.41, 5.74) is -0.725. The Bertz CT molecular complexity index is 764. The van der Waals surface area contributed by atoms with Crippen LogP contribution in [0.25, 0.3) is 0 Å². The molecular weight excluding hydrogens is 404 g/mol. The molecule has 9 heteroatoms. The fourth-order valence-corrected chi connectivity index (χ4v) is 2.32. The lowest BCUT2D eigenvalue weighted by atomic mass is 10.2. The monoisotopic (exact) mass is 438 g/mol. The lowest BCUT2D eigenvalue weighted by molar-refractivity contribution is -0.140. The van der Waals surface area contributed by atoms with Gasteiger partial charge in [-0.05, 0) is 66.5 Å². The smallest absolute Gasteiger partial charge is 0.412 e. The number of amides is 2. The van der Waals surface area contributed by atoms with E-state index in [-0.39, 0.29) is 5.97 Å². The molecule has 2 amide bonds. The summed E-state index contributed by atoms with van der Waals surface area (Å²) in [5, 5.41) is 5.25. The van der Waals surface area contributed by atoms with Crippen molar-refractivity contribution in [3.63, 3.8) is 0 Å². The molecule has 0 aliphatic carbocycles. The maximum absolute atomic E-state index is 12.2. The second-order valence-corrected chi connectivity index (χ2v) is 8.84. The molecule has 0 spiro atoms. The highest BCUT2D eigenvalue weighted by molar-refractivity contribution is 5.95. The molecule has 0 aliphatic rings. The molecule has 1 aromatic rings. The first-order valence-corrected chi connectivity index (χ1v) is 10.1. The van der Waals surface area contributed by atoms with Gasteiger partial charge in [0.2, 0.25) is 0 Å². The Morgan fingerprint density at radius 3 is 1.90 bits per heavy atom. The zero-order chi connectivity index (χ0) is 23.7. The van der Waals surface area contributed by atoms with E-state index in [1.54, 1.807) is 59.7 Å². The second-order valence-electron chi connectivity index (χ2n) is 8.84. The number of carbonyl (C=O) groups is 3. The normalized spacial score (nSPS) is 11.3. The number of hydrogen-bond donors (Lipinski definition) is 2. The van der Waals surface area contributed by atoms with Gasteiger partial charge in [-0.1, -0.05) is 0 Å². The Kier molecular flexibility index (Phi) is 9.61. The Hall–Kier alpha value is -2.97. The summed E-state index contributed by atoms with van der Waals surface area (Å²) in [5.74, 6) is 0.222. The van der Waals surface area contributed by atoms with Crippen molar-refractivity contribution in [1.29, 1.82) is 0 Å². The summed E-state index contributed by atoms with van der Waals surface area (Å²) >= 11 is 0. The van der Waals surface area contributed by atoms with Gasteiger partial charge in [0.25, 0.3) is 0 Å². The summed E-state index contributed by atoms with van der Waals surface area (Å²) in [4.78, 5) is 35.5. The molecule has 0 bridgehead atoms. The molecule has 0 saturated carbocycles. The first-order chi connectivity index (χ1) is 14.3. The van der Waals surface area contributed by atoms with Crippen molar-refractivity contribution in [3.05, 3.63) is 18.2 Å². The molecular formula is C22H34N2O7. The summed E-state index contributed by atoms with van der Waals surface area (Å²) in [7, 11) is 1.35. The van der Waals surface area contributed by atoms with Crippen LogP contribution in [-0.4, -0.2) is 43.1 Å². The van der Waals surface area contributed by atoms with E-state index in [9.17, 15) is 14.4 Å². The highest BCUT2D eigenvalue weighted by Crippen LogP contribution is 2.28. The van der Waals surface area contributed by atoms with Crippen molar-refractivity contribution in [3.8, 4) is 5.75 Å². The molecule has 0 saturated heterocycles. The molecule has 0 radical (unpaired) electrons. The zero-order valence-electron chi connectivity index (χ0n) is 19.4. The topological polar surface area (TPSA) is 112 Å². The van der Waals surface area contributed by atoms with E-state index in [0.717, 1.165) is 0 Å². The van der Waals surface area contributed by atoms with Gasteiger partial charge in [0.1, 0.15) is 17.0 Å². The number of methoxy groups -OCH3 is 1. The van der Waals surface area contributed by atoms with Crippen LogP contribution in [0.1, 0.15) is 60.8 Å². The van der Waals surface area contributed by atoms with Crippen molar-refractivity contribution in [2.75, 3.05) is 24.4 Å². The summed E-state index contributed by atoms with van der Waals surface area (Å²) < 4.78 is 20.9. The fourth-order valence-electron chi connectivity index (χ4n) is 2.32. The molecule has 0 atom stereocenters. The highest BCUT2D eigenvalue weighted by atomic mass is 16.6. The molecule has 1 rings (SSSR count). The quantitative estimate of drug-likeness (QED) is 0.330. The Labute approximate surface area is 183 Å². The average Bonchev–Trinajstić information content (AvgIpc) is 2.60. The molecule has 31 heavy (non-hydrogen) atoms. The minimum absolute atomic E-state index is 0.263. The van der Waals surface area contributed by atoms with Crippen molar-refractivity contribution >= 4 is 29.5 Å². The van der Waals surface area contributed by atoms with E-state index in [4.69, 9.17) is 14.2 Å². The van der Waals surface area contributed by atoms with Crippen molar-refractivity contribution in [2.24, 2.45) is 0 Å². The Morgan fingerprint density at radius 2 is 1.39 bits per heavy atom. The van der Waals surface area contributed by atoms with Crippen LogP contribution in [0.3, 0.4) is 0 Å². The summed E-state index contributed by atoms with van der Waals surface area (Å²) in [6, 6.07) is 4.84. The lowest BCUT2D eigenvalue weighted by Crippen LogP contribution is -2.29. The first kappa shape index (κ1) is 26.1. The largest absolute Gasteiger partial charge is 0.494 e. The number of rotatable bonds is 8. The van der Waals surface area contributed by atoms with Gasteiger partial charge in [0.05, 0.1) is 25.1 Å². The number of hydrogen-bond acceptors (Lipinski definition) is 7. The third kappa shape index (κ3) is 11.7. The van der Waals surface area contributed by atoms with Gasteiger partial charge in [0, 0.05) is 12.5 Å². The van der Waals surface area contributed by atoms with Crippen LogP contribution >= 0.6 is 0 Å². The van der Waals surface area contributed by atoms with Gasteiger partial charge >= 0.3 is 18.2 Å².